The van der Waals surface area contributed by atoms with Gasteiger partial charge in [0.25, 0.3) is 0 Å². The molecule has 0 fully saturated rings. The lowest BCUT2D eigenvalue weighted by molar-refractivity contribution is 0.389. The van der Waals surface area contributed by atoms with Crippen molar-refractivity contribution < 1.29 is 0 Å². The molecule has 0 rings (SSSR count). The molecule has 0 aliphatic carbocycles. The zero-order chi connectivity index (χ0) is 12.4. The molecule has 0 saturated carbocycles. The topological polar surface area (TPSA) is 0 Å². The Bertz CT molecular complexity index is 105. The first-order chi connectivity index (χ1) is 6.81. The van der Waals surface area contributed by atoms with Crippen molar-refractivity contribution in [3.63, 3.8) is 0 Å². The molecular formula is C15H34. The van der Waals surface area contributed by atoms with Gasteiger partial charge in [-0.15, -0.1) is 0 Å². The van der Waals surface area contributed by atoms with Crippen LogP contribution in [-0.4, -0.2) is 0 Å². The molecule has 0 aliphatic rings. The molecular weight excluding hydrogens is 180 g/mol. The zero-order valence-corrected chi connectivity index (χ0v) is 12.4. The minimum atomic E-state index is 0.870. The summed E-state index contributed by atoms with van der Waals surface area (Å²) in [7, 11) is 0. The van der Waals surface area contributed by atoms with Crippen LogP contribution in [0.5, 0.6) is 0 Å². The Balaban J connectivity index is 0. The van der Waals surface area contributed by atoms with Gasteiger partial charge >= 0.3 is 0 Å². The highest BCUT2D eigenvalue weighted by Crippen LogP contribution is 2.14. The van der Waals surface area contributed by atoms with Crippen LogP contribution < -0.4 is 0 Å². The molecule has 1 unspecified atom stereocenters. The lowest BCUT2D eigenvalue weighted by atomic mass is 9.94. The highest BCUT2D eigenvalue weighted by molar-refractivity contribution is 4.54. The van der Waals surface area contributed by atoms with Crippen LogP contribution >= 0.6 is 0 Å². The fraction of sp³-hybridized carbons (Fsp3) is 1.00. The lowest BCUT2D eigenvalue weighted by Gasteiger charge is -2.12. The van der Waals surface area contributed by atoms with Crippen LogP contribution in [0, 0.1) is 23.7 Å². The van der Waals surface area contributed by atoms with Gasteiger partial charge in [0.2, 0.25) is 0 Å². The molecule has 0 heterocycles. The summed E-state index contributed by atoms with van der Waals surface area (Å²) < 4.78 is 0. The van der Waals surface area contributed by atoms with E-state index < -0.39 is 0 Å². The molecule has 1 atom stereocenters. The fourth-order valence-electron chi connectivity index (χ4n) is 1.73. The summed E-state index contributed by atoms with van der Waals surface area (Å²) in [6.45, 7) is 18.2. The van der Waals surface area contributed by atoms with Crippen LogP contribution in [0.4, 0.5) is 0 Å². The van der Waals surface area contributed by atoms with Crippen LogP contribution in [-0.2, 0) is 0 Å². The van der Waals surface area contributed by atoms with E-state index >= 15 is 0 Å². The predicted octanol–water partition coefficient (Wildman–Crippen LogP) is 5.77. The van der Waals surface area contributed by atoms with Crippen molar-refractivity contribution in [2.45, 2.75) is 74.7 Å². The Morgan fingerprint density at radius 2 is 1.13 bits per heavy atom. The maximum atomic E-state index is 2.33. The first-order valence-corrected chi connectivity index (χ1v) is 6.81. The van der Waals surface area contributed by atoms with E-state index in [4.69, 9.17) is 0 Å². The van der Waals surface area contributed by atoms with Gasteiger partial charge in [0.1, 0.15) is 0 Å². The Labute approximate surface area is 98.9 Å². The first-order valence-electron chi connectivity index (χ1n) is 6.81. The van der Waals surface area contributed by atoms with Gasteiger partial charge in [0.15, 0.2) is 0 Å². The summed E-state index contributed by atoms with van der Waals surface area (Å²) in [4.78, 5) is 0. The van der Waals surface area contributed by atoms with E-state index in [1.54, 1.807) is 0 Å². The van der Waals surface area contributed by atoms with E-state index in [1.165, 1.54) is 19.3 Å². The lowest BCUT2D eigenvalue weighted by Crippen LogP contribution is -2.02. The van der Waals surface area contributed by atoms with Gasteiger partial charge in [-0.1, -0.05) is 68.2 Å². The second kappa shape index (κ2) is 10.5. The van der Waals surface area contributed by atoms with Crippen molar-refractivity contribution in [2.24, 2.45) is 23.7 Å². The van der Waals surface area contributed by atoms with Crippen molar-refractivity contribution in [2.75, 3.05) is 0 Å². The van der Waals surface area contributed by atoms with Crippen molar-refractivity contribution >= 4 is 0 Å². The van der Waals surface area contributed by atoms with Gasteiger partial charge in [-0.3, -0.25) is 0 Å². The van der Waals surface area contributed by atoms with Crippen LogP contribution in [0.25, 0.3) is 0 Å². The van der Waals surface area contributed by atoms with Gasteiger partial charge in [0.05, 0.1) is 0 Å². The van der Waals surface area contributed by atoms with Crippen molar-refractivity contribution in [3.05, 3.63) is 0 Å². The number of hydrogen-bond donors (Lipinski definition) is 0. The van der Waals surface area contributed by atoms with Gasteiger partial charge in [-0.25, -0.2) is 0 Å². The largest absolute Gasteiger partial charge is 0.0654 e. The van der Waals surface area contributed by atoms with Gasteiger partial charge in [-0.05, 0) is 30.1 Å². The molecule has 0 heteroatoms. The molecule has 0 aliphatic heterocycles. The summed E-state index contributed by atoms with van der Waals surface area (Å²) in [6, 6.07) is 0. The Kier molecular flexibility index (Phi) is 12.2. The first kappa shape index (κ1) is 17.4. The predicted molar refractivity (Wildman–Crippen MR) is 73.2 cm³/mol. The molecule has 0 aromatic heterocycles. The molecule has 15 heavy (non-hydrogen) atoms. The minimum absolute atomic E-state index is 0.870. The summed E-state index contributed by atoms with van der Waals surface area (Å²) >= 11 is 0. The second-order valence-electron chi connectivity index (χ2n) is 6.03. The SMILES string of the molecule is CC(C)CC(C)C.CCCC(C)C(C)C. The van der Waals surface area contributed by atoms with Gasteiger partial charge < -0.3 is 0 Å². The van der Waals surface area contributed by atoms with Gasteiger partial charge in [-0.2, -0.15) is 0 Å². The second-order valence-corrected chi connectivity index (χ2v) is 6.03. The van der Waals surface area contributed by atoms with Crippen molar-refractivity contribution in [1.29, 1.82) is 0 Å². The van der Waals surface area contributed by atoms with E-state index in [-0.39, 0.29) is 0 Å². The van der Waals surface area contributed by atoms with Crippen molar-refractivity contribution in [3.8, 4) is 0 Å². The van der Waals surface area contributed by atoms with Crippen LogP contribution in [0.15, 0.2) is 0 Å². The third-order valence-corrected chi connectivity index (χ3v) is 2.82. The normalized spacial score (nSPS) is 13.0. The molecule has 0 saturated heterocycles. The smallest absolute Gasteiger partial charge is 0.0420 e. The molecule has 0 aromatic carbocycles. The quantitative estimate of drug-likeness (QED) is 0.545. The monoisotopic (exact) mass is 214 g/mol. The van der Waals surface area contributed by atoms with Gasteiger partial charge in [0, 0.05) is 0 Å². The average Bonchev–Trinajstić information content (AvgIpc) is 2.02. The molecule has 0 spiro atoms. The van der Waals surface area contributed by atoms with E-state index in [0.29, 0.717) is 0 Å². The third kappa shape index (κ3) is 16.7. The maximum absolute atomic E-state index is 2.33. The summed E-state index contributed by atoms with van der Waals surface area (Å²) in [5.74, 6) is 3.54. The molecule has 0 bridgehead atoms. The summed E-state index contributed by atoms with van der Waals surface area (Å²) in [5, 5.41) is 0. The number of hydrogen-bond acceptors (Lipinski definition) is 0. The maximum Gasteiger partial charge on any atom is -0.0420 e. The number of rotatable bonds is 5. The Hall–Kier alpha value is 0. The molecule has 94 valence electrons. The highest BCUT2D eigenvalue weighted by atomic mass is 14.1. The molecule has 0 N–H and O–H groups in total. The Morgan fingerprint density at radius 1 is 0.733 bits per heavy atom. The molecule has 0 radical (unpaired) electrons. The Morgan fingerprint density at radius 3 is 1.20 bits per heavy atom. The van der Waals surface area contributed by atoms with Crippen LogP contribution in [0.3, 0.4) is 0 Å². The summed E-state index contributed by atoms with van der Waals surface area (Å²) in [6.07, 6.45) is 4.08. The van der Waals surface area contributed by atoms with E-state index in [0.717, 1.165) is 23.7 Å². The standard InChI is InChI=1S/C8H18.C7H16/c1-5-6-8(4)7(2)3;1-6(2)5-7(3)4/h7-8H,5-6H2,1-4H3;6-7H,5H2,1-4H3. The molecule has 0 amide bonds. The van der Waals surface area contributed by atoms with E-state index in [1.807, 2.05) is 0 Å². The fourth-order valence-corrected chi connectivity index (χ4v) is 1.73. The zero-order valence-electron chi connectivity index (χ0n) is 12.4. The molecule has 0 aromatic rings. The highest BCUT2D eigenvalue weighted by Gasteiger charge is 2.03. The van der Waals surface area contributed by atoms with Crippen LogP contribution in [0.1, 0.15) is 74.7 Å². The van der Waals surface area contributed by atoms with E-state index in [2.05, 4.69) is 55.4 Å². The van der Waals surface area contributed by atoms with E-state index in [9.17, 15) is 0 Å². The average molecular weight is 214 g/mol. The van der Waals surface area contributed by atoms with Crippen molar-refractivity contribution in [1.82, 2.24) is 0 Å². The minimum Gasteiger partial charge on any atom is -0.0654 e. The third-order valence-electron chi connectivity index (χ3n) is 2.82. The van der Waals surface area contributed by atoms with Crippen LogP contribution in [0.2, 0.25) is 0 Å². The molecule has 0 nitrogen and oxygen atoms in total. The summed E-state index contributed by atoms with van der Waals surface area (Å²) in [5.41, 5.74) is 0.